The topological polar surface area (TPSA) is 69.4 Å². The predicted octanol–water partition coefficient (Wildman–Crippen LogP) is 1.94. The third-order valence-corrected chi connectivity index (χ3v) is 4.86. The molecule has 1 aromatic carbocycles. The van der Waals surface area contributed by atoms with Crippen molar-refractivity contribution < 1.29 is 14.0 Å². The number of fused-ring (bicyclic) bond motifs is 1. The van der Waals surface area contributed by atoms with Gasteiger partial charge in [-0.05, 0) is 43.1 Å². The molecule has 1 N–H and O–H groups in total. The quantitative estimate of drug-likeness (QED) is 0.909. The third kappa shape index (κ3) is 2.62. The summed E-state index contributed by atoms with van der Waals surface area (Å²) in [6, 6.07) is 6.09. The average Bonchev–Trinajstić information content (AvgIpc) is 3.31. The average molecular weight is 315 g/mol. The van der Waals surface area contributed by atoms with Crippen LogP contribution in [0.3, 0.4) is 0 Å². The smallest absolute Gasteiger partial charge is 0.234 e. The number of methoxy groups -OCH3 is 1. The van der Waals surface area contributed by atoms with E-state index in [2.05, 4.69) is 16.5 Å². The molecule has 1 fully saturated rings. The molecule has 6 heteroatoms. The Labute approximate surface area is 135 Å². The molecule has 6 nitrogen and oxygen atoms in total. The summed E-state index contributed by atoms with van der Waals surface area (Å²) < 4.78 is 16.4. The molecule has 1 aromatic heterocycles. The molecule has 4 rings (SSSR count). The highest BCUT2D eigenvalue weighted by Crippen LogP contribution is 2.35. The maximum atomic E-state index is 5.63. The fraction of sp³-hybridized carbons (Fsp3) is 0.529. The predicted molar refractivity (Wildman–Crippen MR) is 84.6 cm³/mol. The van der Waals surface area contributed by atoms with E-state index in [1.807, 2.05) is 12.1 Å². The molecule has 0 bridgehead atoms. The van der Waals surface area contributed by atoms with Crippen molar-refractivity contribution in [1.29, 1.82) is 0 Å². The second-order valence-corrected chi connectivity index (χ2v) is 6.29. The second-order valence-electron chi connectivity index (χ2n) is 6.29. The molecule has 0 saturated carbocycles. The molecule has 0 aliphatic carbocycles. The van der Waals surface area contributed by atoms with E-state index in [1.165, 1.54) is 5.56 Å². The number of ether oxygens (including phenoxy) is 2. The number of rotatable bonds is 5. The van der Waals surface area contributed by atoms with Gasteiger partial charge >= 0.3 is 0 Å². The van der Waals surface area contributed by atoms with Gasteiger partial charge in [0.1, 0.15) is 5.75 Å². The highest BCUT2D eigenvalue weighted by Gasteiger charge is 2.40. The van der Waals surface area contributed by atoms with Crippen molar-refractivity contribution in [3.05, 3.63) is 29.7 Å². The lowest BCUT2D eigenvalue weighted by Gasteiger charge is -2.22. The van der Waals surface area contributed by atoms with E-state index < -0.39 is 0 Å². The molecule has 1 atom stereocenters. The number of benzene rings is 1. The Morgan fingerprint density at radius 1 is 1.39 bits per heavy atom. The summed E-state index contributed by atoms with van der Waals surface area (Å²) >= 11 is 0. The first-order valence-electron chi connectivity index (χ1n) is 8.11. The molecule has 0 spiro atoms. The fourth-order valence-electron chi connectivity index (χ4n) is 3.43. The van der Waals surface area contributed by atoms with E-state index in [4.69, 9.17) is 19.0 Å². The van der Waals surface area contributed by atoms with Crippen molar-refractivity contribution >= 4 is 0 Å². The molecule has 122 valence electrons. The molecule has 3 heterocycles. The standard InChI is InChI=1S/C17H21N3O3/c1-21-9-6-17(5-7-18-11-17)16-19-15(20-23-16)13-2-3-14-12(10-13)4-8-22-14/h2-3,10,18H,4-9,11H2,1H3. The normalized spacial score (nSPS) is 23.0. The molecule has 2 aliphatic heterocycles. The van der Waals surface area contributed by atoms with Crippen LogP contribution < -0.4 is 10.1 Å². The van der Waals surface area contributed by atoms with Crippen molar-refractivity contribution in [2.24, 2.45) is 0 Å². The lowest BCUT2D eigenvalue weighted by Crippen LogP contribution is -2.31. The Hall–Kier alpha value is -1.92. The molecule has 2 aliphatic rings. The second kappa shape index (κ2) is 5.94. The van der Waals surface area contributed by atoms with Crippen LogP contribution in [-0.2, 0) is 16.6 Å². The molecule has 2 aromatic rings. The lowest BCUT2D eigenvalue weighted by molar-refractivity contribution is 0.157. The number of nitrogens with one attached hydrogen (secondary N) is 1. The highest BCUT2D eigenvalue weighted by atomic mass is 16.5. The van der Waals surface area contributed by atoms with Crippen LogP contribution in [0.2, 0.25) is 0 Å². The van der Waals surface area contributed by atoms with Gasteiger partial charge in [-0.1, -0.05) is 5.16 Å². The zero-order chi connectivity index (χ0) is 15.7. The van der Waals surface area contributed by atoms with E-state index in [9.17, 15) is 0 Å². The fourth-order valence-corrected chi connectivity index (χ4v) is 3.43. The Morgan fingerprint density at radius 2 is 2.35 bits per heavy atom. The van der Waals surface area contributed by atoms with E-state index in [-0.39, 0.29) is 5.41 Å². The molecular formula is C17H21N3O3. The van der Waals surface area contributed by atoms with Gasteiger partial charge in [0.25, 0.3) is 0 Å². The van der Waals surface area contributed by atoms with Crippen LogP contribution in [0.4, 0.5) is 0 Å². The van der Waals surface area contributed by atoms with Gasteiger partial charge in [0.2, 0.25) is 11.7 Å². The van der Waals surface area contributed by atoms with Crippen molar-refractivity contribution in [1.82, 2.24) is 15.5 Å². The summed E-state index contributed by atoms with van der Waals surface area (Å²) in [4.78, 5) is 4.70. The van der Waals surface area contributed by atoms with Crippen molar-refractivity contribution in [2.45, 2.75) is 24.7 Å². The molecule has 0 amide bonds. The van der Waals surface area contributed by atoms with Crippen molar-refractivity contribution in [3.63, 3.8) is 0 Å². The number of nitrogens with zero attached hydrogens (tertiary/aromatic N) is 2. The van der Waals surface area contributed by atoms with Crippen LogP contribution in [0.15, 0.2) is 22.7 Å². The number of hydrogen-bond donors (Lipinski definition) is 1. The maximum Gasteiger partial charge on any atom is 0.234 e. The molecule has 1 saturated heterocycles. The van der Waals surface area contributed by atoms with Crippen LogP contribution in [0.1, 0.15) is 24.3 Å². The minimum Gasteiger partial charge on any atom is -0.493 e. The minimum atomic E-state index is -0.110. The van der Waals surface area contributed by atoms with Crippen LogP contribution >= 0.6 is 0 Å². The van der Waals surface area contributed by atoms with E-state index in [0.717, 1.165) is 50.3 Å². The van der Waals surface area contributed by atoms with Gasteiger partial charge < -0.3 is 19.3 Å². The Morgan fingerprint density at radius 3 is 3.17 bits per heavy atom. The van der Waals surface area contributed by atoms with E-state index in [1.54, 1.807) is 7.11 Å². The van der Waals surface area contributed by atoms with E-state index >= 15 is 0 Å². The van der Waals surface area contributed by atoms with E-state index in [0.29, 0.717) is 18.3 Å². The van der Waals surface area contributed by atoms with Crippen LogP contribution in [0, 0.1) is 0 Å². The maximum absolute atomic E-state index is 5.63. The van der Waals surface area contributed by atoms with Gasteiger partial charge in [0.05, 0.1) is 12.0 Å². The van der Waals surface area contributed by atoms with Crippen LogP contribution in [0.25, 0.3) is 11.4 Å². The largest absolute Gasteiger partial charge is 0.493 e. The molecule has 23 heavy (non-hydrogen) atoms. The van der Waals surface area contributed by atoms with Crippen molar-refractivity contribution in [3.8, 4) is 17.1 Å². The van der Waals surface area contributed by atoms with Crippen LogP contribution in [-0.4, -0.2) is 43.6 Å². The zero-order valence-electron chi connectivity index (χ0n) is 13.3. The molecule has 1 unspecified atom stereocenters. The summed E-state index contributed by atoms with van der Waals surface area (Å²) in [6.45, 7) is 3.27. The first-order valence-corrected chi connectivity index (χ1v) is 8.11. The Balaban J connectivity index is 1.63. The lowest BCUT2D eigenvalue weighted by atomic mass is 9.83. The number of aromatic nitrogens is 2. The van der Waals surface area contributed by atoms with Gasteiger partial charge in [-0.2, -0.15) is 4.98 Å². The molecular weight excluding hydrogens is 294 g/mol. The summed E-state index contributed by atoms with van der Waals surface area (Å²) in [5.41, 5.74) is 2.09. The SMILES string of the molecule is COCCC1(c2nc(-c3ccc4c(c3)CCO4)no2)CCNC1. The van der Waals surface area contributed by atoms with Gasteiger partial charge in [-0.3, -0.25) is 0 Å². The summed E-state index contributed by atoms with van der Waals surface area (Å²) in [5.74, 6) is 2.33. The highest BCUT2D eigenvalue weighted by molar-refractivity contribution is 5.59. The summed E-state index contributed by atoms with van der Waals surface area (Å²) in [7, 11) is 1.72. The first-order chi connectivity index (χ1) is 11.3. The Kier molecular flexibility index (Phi) is 3.79. The summed E-state index contributed by atoms with van der Waals surface area (Å²) in [5, 5.41) is 7.62. The van der Waals surface area contributed by atoms with Crippen LogP contribution in [0.5, 0.6) is 5.75 Å². The summed E-state index contributed by atoms with van der Waals surface area (Å²) in [6.07, 6.45) is 2.82. The van der Waals surface area contributed by atoms with Gasteiger partial charge in [0.15, 0.2) is 0 Å². The Bertz CT molecular complexity index is 692. The van der Waals surface area contributed by atoms with Gasteiger partial charge in [0, 0.05) is 32.2 Å². The first kappa shape index (κ1) is 14.7. The van der Waals surface area contributed by atoms with Crippen molar-refractivity contribution in [2.75, 3.05) is 33.4 Å². The zero-order valence-corrected chi connectivity index (χ0v) is 13.3. The monoisotopic (exact) mass is 315 g/mol. The minimum absolute atomic E-state index is 0.110. The third-order valence-electron chi connectivity index (χ3n) is 4.86. The molecule has 0 radical (unpaired) electrons. The van der Waals surface area contributed by atoms with Gasteiger partial charge in [-0.15, -0.1) is 0 Å². The number of hydrogen-bond acceptors (Lipinski definition) is 6. The van der Waals surface area contributed by atoms with Gasteiger partial charge in [-0.25, -0.2) is 0 Å².